The van der Waals surface area contributed by atoms with E-state index in [0.717, 1.165) is 12.8 Å². The summed E-state index contributed by atoms with van der Waals surface area (Å²) >= 11 is 5.81. The number of benzene rings is 2. The highest BCUT2D eigenvalue weighted by atomic mass is 35.5. The molecule has 0 radical (unpaired) electrons. The zero-order valence-corrected chi connectivity index (χ0v) is 15.8. The van der Waals surface area contributed by atoms with Crippen molar-refractivity contribution >= 4 is 27.5 Å². The van der Waals surface area contributed by atoms with Crippen LogP contribution in [0.3, 0.4) is 0 Å². The van der Waals surface area contributed by atoms with Crippen LogP contribution in [0.4, 0.5) is 0 Å². The summed E-state index contributed by atoms with van der Waals surface area (Å²) in [6, 6.07) is 13.2. The molecule has 1 fully saturated rings. The van der Waals surface area contributed by atoms with E-state index in [1.54, 1.807) is 6.92 Å². The van der Waals surface area contributed by atoms with E-state index >= 15 is 0 Å². The third kappa shape index (κ3) is 2.82. The van der Waals surface area contributed by atoms with Gasteiger partial charge in [-0.3, -0.25) is 4.79 Å². The maximum Gasteiger partial charge on any atom is 0.241 e. The minimum Gasteiger partial charge on any atom is -0.327 e. The molecule has 0 aromatic heterocycles. The molecule has 2 bridgehead atoms. The molecule has 2 heterocycles. The molecule has 2 aromatic carbocycles. The van der Waals surface area contributed by atoms with Gasteiger partial charge in [-0.1, -0.05) is 35.9 Å². The lowest BCUT2D eigenvalue weighted by molar-refractivity contribution is -0.135. The van der Waals surface area contributed by atoms with E-state index in [1.165, 1.54) is 35.4 Å². The van der Waals surface area contributed by atoms with E-state index in [2.05, 4.69) is 16.9 Å². The second-order valence-electron chi connectivity index (χ2n) is 6.78. The normalized spacial score (nSPS) is 22.3. The van der Waals surface area contributed by atoms with Crippen LogP contribution in [0.25, 0.3) is 0 Å². The number of nitrogens with zero attached hydrogens (tertiary/aromatic N) is 1. The fourth-order valence-corrected chi connectivity index (χ4v) is 5.36. The van der Waals surface area contributed by atoms with Crippen molar-refractivity contribution in [1.29, 1.82) is 0 Å². The van der Waals surface area contributed by atoms with E-state index < -0.39 is 16.1 Å². The number of fused-ring (bicyclic) bond motifs is 5. The number of nitrogens with one attached hydrogen (secondary N) is 1. The third-order valence-electron chi connectivity index (χ3n) is 5.18. The summed E-state index contributed by atoms with van der Waals surface area (Å²) in [5, 5.41) is 0.458. The average molecular weight is 391 g/mol. The first-order chi connectivity index (χ1) is 12.4. The predicted molar refractivity (Wildman–Crippen MR) is 99.2 cm³/mol. The number of amides is 1. The summed E-state index contributed by atoms with van der Waals surface area (Å²) in [7, 11) is -3.79. The average Bonchev–Trinajstić information content (AvgIpc) is 3.18. The smallest absolute Gasteiger partial charge is 0.241 e. The van der Waals surface area contributed by atoms with Gasteiger partial charge in [-0.15, -0.1) is 0 Å². The second kappa shape index (κ2) is 6.37. The molecule has 2 aromatic rings. The highest BCUT2D eigenvalue weighted by Gasteiger charge is 2.47. The van der Waals surface area contributed by atoms with Gasteiger partial charge in [0.1, 0.15) is 0 Å². The van der Waals surface area contributed by atoms with Crippen molar-refractivity contribution in [2.75, 3.05) is 0 Å². The summed E-state index contributed by atoms with van der Waals surface area (Å²) in [5.74, 6) is -0.189. The molecule has 1 saturated heterocycles. The molecule has 2 aliphatic heterocycles. The van der Waals surface area contributed by atoms with Crippen molar-refractivity contribution in [3.63, 3.8) is 0 Å². The monoisotopic (exact) mass is 390 g/mol. The van der Waals surface area contributed by atoms with Gasteiger partial charge in [0.15, 0.2) is 0 Å². The van der Waals surface area contributed by atoms with Crippen molar-refractivity contribution in [3.8, 4) is 0 Å². The van der Waals surface area contributed by atoms with Gasteiger partial charge in [-0.2, -0.15) is 4.72 Å². The Labute approximate surface area is 158 Å². The van der Waals surface area contributed by atoms with Crippen LogP contribution in [0, 0.1) is 0 Å². The van der Waals surface area contributed by atoms with Crippen LogP contribution in [-0.4, -0.2) is 25.3 Å². The molecule has 1 amide bonds. The fourth-order valence-electron chi connectivity index (χ4n) is 4.04. The third-order valence-corrected chi connectivity index (χ3v) is 6.99. The molecular formula is C19H19ClN2O3S. The van der Waals surface area contributed by atoms with Crippen molar-refractivity contribution in [2.45, 2.75) is 42.8 Å². The van der Waals surface area contributed by atoms with E-state index in [4.69, 9.17) is 11.6 Å². The summed E-state index contributed by atoms with van der Waals surface area (Å²) in [6.45, 7) is 1.60. The largest absolute Gasteiger partial charge is 0.327 e. The Morgan fingerprint density at radius 2 is 1.62 bits per heavy atom. The maximum absolute atomic E-state index is 13.0. The Bertz CT molecular complexity index is 928. The molecule has 5 nitrogen and oxygen atoms in total. The van der Waals surface area contributed by atoms with Crippen LogP contribution in [0.2, 0.25) is 5.02 Å². The lowest BCUT2D eigenvalue weighted by atomic mass is 9.92. The molecule has 0 aliphatic carbocycles. The Hall–Kier alpha value is -1.89. The quantitative estimate of drug-likeness (QED) is 0.869. The Morgan fingerprint density at radius 1 is 1.08 bits per heavy atom. The highest BCUT2D eigenvalue weighted by molar-refractivity contribution is 7.89. The van der Waals surface area contributed by atoms with E-state index in [9.17, 15) is 13.2 Å². The van der Waals surface area contributed by atoms with Gasteiger partial charge in [0.25, 0.3) is 0 Å². The molecule has 0 spiro atoms. The van der Waals surface area contributed by atoms with Crippen molar-refractivity contribution in [2.24, 2.45) is 0 Å². The Kier molecular flexibility index (Phi) is 4.29. The molecule has 2 aliphatic rings. The lowest BCUT2D eigenvalue weighted by Crippen LogP contribution is -2.45. The minimum atomic E-state index is -3.79. The predicted octanol–water partition coefficient (Wildman–Crippen LogP) is 3.43. The zero-order chi connectivity index (χ0) is 18.5. The molecule has 0 saturated carbocycles. The standard InChI is InChI=1S/C19H19ClN2O3S/c1-12(21-26(24,25)14-8-6-13(20)7-9-14)19(23)22-17-10-11-18(22)16-5-3-2-4-15(16)17/h2-9,12,17-18,21H,10-11H2,1H3/t12-,17-,18-/m0/s1. The molecule has 0 unspecified atom stereocenters. The van der Waals surface area contributed by atoms with Gasteiger partial charge in [-0.05, 0) is 55.2 Å². The van der Waals surface area contributed by atoms with E-state index in [1.807, 2.05) is 17.0 Å². The zero-order valence-electron chi connectivity index (χ0n) is 14.2. The van der Waals surface area contributed by atoms with Gasteiger partial charge >= 0.3 is 0 Å². The summed E-state index contributed by atoms with van der Waals surface area (Å²) in [5.41, 5.74) is 2.37. The second-order valence-corrected chi connectivity index (χ2v) is 8.93. The number of halogens is 1. The van der Waals surface area contributed by atoms with Gasteiger partial charge in [0.2, 0.25) is 15.9 Å². The van der Waals surface area contributed by atoms with E-state index in [0.29, 0.717) is 5.02 Å². The highest BCUT2D eigenvalue weighted by Crippen LogP contribution is 2.53. The van der Waals surface area contributed by atoms with Crippen LogP contribution < -0.4 is 4.72 Å². The molecule has 7 heteroatoms. The number of carbonyl (C=O) groups is 1. The van der Waals surface area contributed by atoms with Gasteiger partial charge < -0.3 is 4.90 Å². The summed E-state index contributed by atoms with van der Waals surface area (Å²) < 4.78 is 27.6. The first-order valence-electron chi connectivity index (χ1n) is 8.57. The van der Waals surface area contributed by atoms with Crippen LogP contribution in [-0.2, 0) is 14.8 Å². The molecular weight excluding hydrogens is 372 g/mol. The first-order valence-corrected chi connectivity index (χ1v) is 10.4. The van der Waals surface area contributed by atoms with Gasteiger partial charge in [0.05, 0.1) is 23.0 Å². The van der Waals surface area contributed by atoms with Crippen molar-refractivity contribution < 1.29 is 13.2 Å². The van der Waals surface area contributed by atoms with E-state index in [-0.39, 0.29) is 22.9 Å². The topological polar surface area (TPSA) is 66.5 Å². The number of hydrogen-bond acceptors (Lipinski definition) is 3. The molecule has 26 heavy (non-hydrogen) atoms. The minimum absolute atomic E-state index is 0.0474. The summed E-state index contributed by atoms with van der Waals surface area (Å²) in [4.78, 5) is 15.0. The number of carbonyl (C=O) groups excluding carboxylic acids is 1. The molecule has 3 atom stereocenters. The SMILES string of the molecule is C[C@H](NS(=O)(=O)c1ccc(Cl)cc1)C(=O)N1[C@H]2CC[C@H]1c1ccccc12. The lowest BCUT2D eigenvalue weighted by Gasteiger charge is -2.26. The number of hydrogen-bond donors (Lipinski definition) is 1. The van der Waals surface area contributed by atoms with Crippen LogP contribution in [0.1, 0.15) is 43.0 Å². The number of sulfonamides is 1. The molecule has 136 valence electrons. The Balaban J connectivity index is 1.54. The maximum atomic E-state index is 13.0. The first kappa shape index (κ1) is 17.5. The molecule has 4 rings (SSSR count). The van der Waals surface area contributed by atoms with Gasteiger partial charge in [0, 0.05) is 5.02 Å². The van der Waals surface area contributed by atoms with Crippen LogP contribution in [0.5, 0.6) is 0 Å². The van der Waals surface area contributed by atoms with Crippen LogP contribution in [0.15, 0.2) is 53.4 Å². The van der Waals surface area contributed by atoms with Crippen LogP contribution >= 0.6 is 11.6 Å². The van der Waals surface area contributed by atoms with Crippen molar-refractivity contribution in [1.82, 2.24) is 9.62 Å². The van der Waals surface area contributed by atoms with Crippen molar-refractivity contribution in [3.05, 3.63) is 64.7 Å². The Morgan fingerprint density at radius 3 is 2.15 bits per heavy atom. The molecule has 1 N–H and O–H groups in total. The summed E-state index contributed by atoms with van der Waals surface area (Å²) in [6.07, 6.45) is 1.84. The van der Waals surface area contributed by atoms with Gasteiger partial charge in [-0.25, -0.2) is 8.42 Å². The fraction of sp³-hybridized carbons (Fsp3) is 0.316. The number of rotatable bonds is 4.